The number of hydrogen-bond acceptors (Lipinski definition) is 3. The number of unbranched alkanes of at least 4 members (excludes halogenated alkanes) is 2. The SMILES string of the molecule is CCCCCSCc1ccc(/C=C/C(=O)O)s1. The highest BCUT2D eigenvalue weighted by Gasteiger charge is 1.98. The molecule has 0 bridgehead atoms. The Bertz CT molecular complexity index is 369. The first kappa shape index (κ1) is 14.3. The minimum absolute atomic E-state index is 0.895. The summed E-state index contributed by atoms with van der Waals surface area (Å²) in [7, 11) is 0. The first-order valence-electron chi connectivity index (χ1n) is 5.80. The molecule has 17 heavy (non-hydrogen) atoms. The van der Waals surface area contributed by atoms with E-state index in [0.29, 0.717) is 0 Å². The van der Waals surface area contributed by atoms with Crippen LogP contribution in [0.4, 0.5) is 0 Å². The highest BCUT2D eigenvalue weighted by molar-refractivity contribution is 7.98. The molecule has 1 aromatic rings. The molecule has 0 saturated carbocycles. The van der Waals surface area contributed by atoms with Crippen molar-refractivity contribution in [3.05, 3.63) is 28.0 Å². The maximum atomic E-state index is 10.4. The van der Waals surface area contributed by atoms with Crippen molar-refractivity contribution in [3.8, 4) is 0 Å². The molecule has 1 aromatic heterocycles. The van der Waals surface area contributed by atoms with Crippen molar-refractivity contribution in [2.24, 2.45) is 0 Å². The van der Waals surface area contributed by atoms with Gasteiger partial charge in [0.25, 0.3) is 0 Å². The minimum Gasteiger partial charge on any atom is -0.478 e. The lowest BCUT2D eigenvalue weighted by atomic mass is 10.3. The van der Waals surface area contributed by atoms with Gasteiger partial charge in [-0.15, -0.1) is 11.3 Å². The Balaban J connectivity index is 2.28. The van der Waals surface area contributed by atoms with Crippen LogP contribution in [0, 0.1) is 0 Å². The number of aliphatic carboxylic acids is 1. The zero-order chi connectivity index (χ0) is 12.5. The number of carboxylic acid groups (broad SMARTS) is 1. The van der Waals surface area contributed by atoms with Crippen LogP contribution in [0.25, 0.3) is 6.08 Å². The standard InChI is InChI=1S/C13H18O2S2/c1-2-3-4-9-16-10-12-6-5-11(17-12)7-8-13(14)15/h5-8H,2-4,9-10H2,1H3,(H,14,15)/b8-7+. The first-order valence-corrected chi connectivity index (χ1v) is 7.77. The number of carboxylic acids is 1. The summed E-state index contributed by atoms with van der Waals surface area (Å²) in [5.41, 5.74) is 0. The van der Waals surface area contributed by atoms with Crippen LogP contribution in [-0.2, 0) is 10.5 Å². The average molecular weight is 270 g/mol. The molecule has 1 heterocycles. The van der Waals surface area contributed by atoms with Gasteiger partial charge in [0.1, 0.15) is 0 Å². The number of carbonyl (C=O) groups is 1. The Morgan fingerprint density at radius 3 is 3.00 bits per heavy atom. The van der Waals surface area contributed by atoms with Gasteiger partial charge in [-0.1, -0.05) is 19.8 Å². The average Bonchev–Trinajstić information content (AvgIpc) is 2.74. The molecule has 0 aromatic carbocycles. The Labute approximate surface area is 111 Å². The third kappa shape index (κ3) is 6.54. The second-order valence-corrected chi connectivity index (χ2v) is 6.04. The van der Waals surface area contributed by atoms with E-state index in [2.05, 4.69) is 13.0 Å². The predicted octanol–water partition coefficient (Wildman–Crippen LogP) is 4.27. The van der Waals surface area contributed by atoms with Crippen molar-refractivity contribution < 1.29 is 9.90 Å². The molecule has 0 radical (unpaired) electrons. The monoisotopic (exact) mass is 270 g/mol. The van der Waals surface area contributed by atoms with E-state index in [1.54, 1.807) is 17.4 Å². The number of thioether (sulfide) groups is 1. The van der Waals surface area contributed by atoms with Crippen LogP contribution >= 0.6 is 23.1 Å². The molecule has 0 spiro atoms. The second-order valence-electron chi connectivity index (χ2n) is 3.74. The lowest BCUT2D eigenvalue weighted by molar-refractivity contribution is -0.131. The summed E-state index contributed by atoms with van der Waals surface area (Å²) in [6.07, 6.45) is 6.70. The normalized spacial score (nSPS) is 11.1. The summed E-state index contributed by atoms with van der Waals surface area (Å²) in [6, 6.07) is 4.06. The fourth-order valence-electron chi connectivity index (χ4n) is 1.34. The van der Waals surface area contributed by atoms with E-state index in [0.717, 1.165) is 10.6 Å². The third-order valence-corrected chi connectivity index (χ3v) is 4.53. The summed E-state index contributed by atoms with van der Waals surface area (Å²) in [5.74, 6) is 1.36. The van der Waals surface area contributed by atoms with Crippen LogP contribution in [0.2, 0.25) is 0 Å². The number of hydrogen-bond donors (Lipinski definition) is 1. The Morgan fingerprint density at radius 2 is 2.29 bits per heavy atom. The van der Waals surface area contributed by atoms with Crippen molar-refractivity contribution in [1.82, 2.24) is 0 Å². The molecule has 0 fully saturated rings. The van der Waals surface area contributed by atoms with E-state index in [-0.39, 0.29) is 0 Å². The van der Waals surface area contributed by atoms with Gasteiger partial charge in [-0.25, -0.2) is 4.79 Å². The predicted molar refractivity (Wildman–Crippen MR) is 76.7 cm³/mol. The molecule has 0 saturated heterocycles. The summed E-state index contributed by atoms with van der Waals surface area (Å²) < 4.78 is 0. The second kappa shape index (κ2) is 8.37. The molecule has 0 atom stereocenters. The van der Waals surface area contributed by atoms with Gasteiger partial charge in [-0.3, -0.25) is 0 Å². The van der Waals surface area contributed by atoms with E-state index < -0.39 is 5.97 Å². The van der Waals surface area contributed by atoms with Crippen molar-refractivity contribution in [2.45, 2.75) is 31.9 Å². The van der Waals surface area contributed by atoms with Gasteiger partial charge in [0.15, 0.2) is 0 Å². The summed E-state index contributed by atoms with van der Waals surface area (Å²) in [4.78, 5) is 12.7. The summed E-state index contributed by atoms with van der Waals surface area (Å²) >= 11 is 3.62. The van der Waals surface area contributed by atoms with E-state index in [1.165, 1.54) is 36.0 Å². The molecular formula is C13H18O2S2. The van der Waals surface area contributed by atoms with Crippen LogP contribution < -0.4 is 0 Å². The molecule has 0 aliphatic rings. The zero-order valence-electron chi connectivity index (χ0n) is 10.0. The maximum absolute atomic E-state index is 10.4. The van der Waals surface area contributed by atoms with Crippen LogP contribution in [0.15, 0.2) is 18.2 Å². The lowest BCUT2D eigenvalue weighted by Gasteiger charge is -1.98. The quantitative estimate of drug-likeness (QED) is 0.566. The molecule has 1 rings (SSSR count). The van der Waals surface area contributed by atoms with E-state index in [9.17, 15) is 4.79 Å². The molecule has 0 aliphatic carbocycles. The van der Waals surface area contributed by atoms with Gasteiger partial charge in [0.2, 0.25) is 0 Å². The fourth-order valence-corrected chi connectivity index (χ4v) is 3.39. The molecule has 94 valence electrons. The zero-order valence-corrected chi connectivity index (χ0v) is 11.6. The molecular weight excluding hydrogens is 252 g/mol. The number of rotatable bonds is 8. The smallest absolute Gasteiger partial charge is 0.328 e. The molecule has 0 aliphatic heterocycles. The van der Waals surface area contributed by atoms with Crippen molar-refractivity contribution in [1.29, 1.82) is 0 Å². The van der Waals surface area contributed by atoms with E-state index >= 15 is 0 Å². The fraction of sp³-hybridized carbons (Fsp3) is 0.462. The van der Waals surface area contributed by atoms with Gasteiger partial charge in [0.05, 0.1) is 0 Å². The van der Waals surface area contributed by atoms with Gasteiger partial charge in [-0.2, -0.15) is 11.8 Å². The summed E-state index contributed by atoms with van der Waals surface area (Å²) in [6.45, 7) is 2.21. The Hall–Kier alpha value is -0.740. The number of thiophene rings is 1. The third-order valence-electron chi connectivity index (χ3n) is 2.21. The van der Waals surface area contributed by atoms with Crippen LogP contribution in [0.3, 0.4) is 0 Å². The van der Waals surface area contributed by atoms with E-state index in [1.807, 2.05) is 17.8 Å². The highest BCUT2D eigenvalue weighted by atomic mass is 32.2. The largest absolute Gasteiger partial charge is 0.478 e. The molecule has 4 heteroatoms. The Kier molecular flexibility index (Phi) is 7.05. The van der Waals surface area contributed by atoms with Crippen LogP contribution in [0.1, 0.15) is 35.9 Å². The molecule has 2 nitrogen and oxygen atoms in total. The van der Waals surface area contributed by atoms with Crippen LogP contribution in [-0.4, -0.2) is 16.8 Å². The highest BCUT2D eigenvalue weighted by Crippen LogP contribution is 2.23. The maximum Gasteiger partial charge on any atom is 0.328 e. The van der Waals surface area contributed by atoms with Gasteiger partial charge < -0.3 is 5.11 Å². The minimum atomic E-state index is -0.895. The van der Waals surface area contributed by atoms with E-state index in [4.69, 9.17) is 5.11 Å². The Morgan fingerprint density at radius 1 is 1.47 bits per heavy atom. The topological polar surface area (TPSA) is 37.3 Å². The van der Waals surface area contributed by atoms with Crippen molar-refractivity contribution >= 4 is 35.1 Å². The molecule has 1 N–H and O–H groups in total. The molecule has 0 unspecified atom stereocenters. The van der Waals surface area contributed by atoms with Gasteiger partial charge in [-0.05, 0) is 30.4 Å². The first-order chi connectivity index (χ1) is 8.22. The van der Waals surface area contributed by atoms with Crippen molar-refractivity contribution in [3.63, 3.8) is 0 Å². The molecule has 0 amide bonds. The summed E-state index contributed by atoms with van der Waals surface area (Å²) in [5, 5.41) is 8.52. The van der Waals surface area contributed by atoms with Crippen LogP contribution in [0.5, 0.6) is 0 Å². The lowest BCUT2D eigenvalue weighted by Crippen LogP contribution is -1.84. The van der Waals surface area contributed by atoms with Crippen molar-refractivity contribution in [2.75, 3.05) is 5.75 Å². The van der Waals surface area contributed by atoms with Gasteiger partial charge in [0, 0.05) is 21.6 Å². The van der Waals surface area contributed by atoms with Gasteiger partial charge >= 0.3 is 5.97 Å².